The summed E-state index contributed by atoms with van der Waals surface area (Å²) in [7, 11) is 0. The summed E-state index contributed by atoms with van der Waals surface area (Å²) in [5.41, 5.74) is 6.87. The van der Waals surface area contributed by atoms with Crippen LogP contribution >= 0.6 is 11.3 Å². The number of fused-ring (bicyclic) bond motifs is 3. The molecule has 3 rings (SSSR count). The molecule has 0 aromatic carbocycles. The lowest BCUT2D eigenvalue weighted by molar-refractivity contribution is 0.695. The van der Waals surface area contributed by atoms with Gasteiger partial charge in [-0.1, -0.05) is 0 Å². The van der Waals surface area contributed by atoms with Gasteiger partial charge in [-0.3, -0.25) is 9.36 Å². The van der Waals surface area contributed by atoms with Gasteiger partial charge in [-0.2, -0.15) is 0 Å². The lowest BCUT2D eigenvalue weighted by Crippen LogP contribution is -2.26. The van der Waals surface area contributed by atoms with Crippen molar-refractivity contribution in [2.24, 2.45) is 5.73 Å². The maximum atomic E-state index is 12.7. The van der Waals surface area contributed by atoms with Crippen molar-refractivity contribution in [2.45, 2.75) is 39.2 Å². The number of aryl methyl sites for hydroxylation is 2. The molecule has 0 bridgehead atoms. The van der Waals surface area contributed by atoms with E-state index in [4.69, 9.17) is 5.73 Å². The minimum absolute atomic E-state index is 0.0939. The number of rotatable bonds is 4. The number of hydrogen-bond donors (Lipinski definition) is 2. The van der Waals surface area contributed by atoms with Gasteiger partial charge in [0.2, 0.25) is 5.95 Å². The molecule has 0 unspecified atom stereocenters. The molecule has 0 radical (unpaired) electrons. The van der Waals surface area contributed by atoms with Crippen LogP contribution in [0.2, 0.25) is 0 Å². The molecule has 2 aromatic rings. The molecule has 0 saturated carbocycles. The van der Waals surface area contributed by atoms with Crippen LogP contribution in [0.25, 0.3) is 10.2 Å². The van der Waals surface area contributed by atoms with E-state index in [2.05, 4.69) is 10.3 Å². The minimum Gasteiger partial charge on any atom is -0.354 e. The number of thiophene rings is 1. The topological polar surface area (TPSA) is 72.9 Å². The van der Waals surface area contributed by atoms with Gasteiger partial charge in [-0.15, -0.1) is 11.3 Å². The SMILES string of the molecule is CCn1c(NCCN)nc2sc3c(c2c1=O)CCCC3. The number of nitrogens with two attached hydrogens (primary N) is 1. The van der Waals surface area contributed by atoms with Crippen LogP contribution in [-0.4, -0.2) is 22.6 Å². The van der Waals surface area contributed by atoms with E-state index in [-0.39, 0.29) is 5.56 Å². The minimum atomic E-state index is 0.0939. The predicted molar refractivity (Wildman–Crippen MR) is 83.7 cm³/mol. The molecule has 0 amide bonds. The molecule has 5 nitrogen and oxygen atoms in total. The third kappa shape index (κ3) is 2.13. The molecular formula is C14H20N4OS. The van der Waals surface area contributed by atoms with Gasteiger partial charge in [0.25, 0.3) is 5.56 Å². The molecule has 0 saturated heterocycles. The zero-order valence-electron chi connectivity index (χ0n) is 11.7. The lowest BCUT2D eigenvalue weighted by atomic mass is 9.97. The van der Waals surface area contributed by atoms with E-state index < -0.39 is 0 Å². The summed E-state index contributed by atoms with van der Waals surface area (Å²) < 4.78 is 1.72. The van der Waals surface area contributed by atoms with E-state index in [1.807, 2.05) is 6.92 Å². The van der Waals surface area contributed by atoms with Gasteiger partial charge in [0.1, 0.15) is 4.83 Å². The number of hydrogen-bond acceptors (Lipinski definition) is 5. The van der Waals surface area contributed by atoms with Crippen molar-refractivity contribution in [2.75, 3.05) is 18.4 Å². The Balaban J connectivity index is 2.21. The van der Waals surface area contributed by atoms with Crippen molar-refractivity contribution < 1.29 is 0 Å². The summed E-state index contributed by atoms with van der Waals surface area (Å²) in [6, 6.07) is 0. The summed E-state index contributed by atoms with van der Waals surface area (Å²) in [5.74, 6) is 0.647. The van der Waals surface area contributed by atoms with Crippen molar-refractivity contribution >= 4 is 27.5 Å². The average Bonchev–Trinajstić information content (AvgIpc) is 2.83. The highest BCUT2D eigenvalue weighted by Crippen LogP contribution is 2.34. The third-order valence-corrected chi connectivity index (χ3v) is 5.00. The largest absolute Gasteiger partial charge is 0.354 e. The Morgan fingerprint density at radius 1 is 1.40 bits per heavy atom. The normalized spacial score (nSPS) is 14.5. The molecule has 2 heterocycles. The number of nitrogens with zero attached hydrogens (tertiary/aromatic N) is 2. The maximum absolute atomic E-state index is 12.7. The Kier molecular flexibility index (Phi) is 3.76. The highest BCUT2D eigenvalue weighted by Gasteiger charge is 2.21. The van der Waals surface area contributed by atoms with Crippen LogP contribution in [0.4, 0.5) is 5.95 Å². The van der Waals surface area contributed by atoms with Crippen LogP contribution < -0.4 is 16.6 Å². The summed E-state index contributed by atoms with van der Waals surface area (Å²) in [6.45, 7) is 3.75. The van der Waals surface area contributed by atoms with Crippen LogP contribution in [0.3, 0.4) is 0 Å². The number of nitrogens with one attached hydrogen (secondary N) is 1. The smallest absolute Gasteiger partial charge is 0.263 e. The van der Waals surface area contributed by atoms with Crippen LogP contribution in [0, 0.1) is 0 Å². The van der Waals surface area contributed by atoms with Crippen molar-refractivity contribution in [3.8, 4) is 0 Å². The van der Waals surface area contributed by atoms with E-state index in [0.29, 0.717) is 25.6 Å². The van der Waals surface area contributed by atoms with Gasteiger partial charge in [0.15, 0.2) is 0 Å². The molecule has 0 spiro atoms. The maximum Gasteiger partial charge on any atom is 0.263 e. The molecule has 1 aliphatic rings. The van der Waals surface area contributed by atoms with E-state index >= 15 is 0 Å². The Morgan fingerprint density at radius 2 is 2.20 bits per heavy atom. The zero-order valence-corrected chi connectivity index (χ0v) is 12.6. The Bertz CT molecular complexity index is 689. The fourth-order valence-corrected chi connectivity index (χ4v) is 4.10. The van der Waals surface area contributed by atoms with Crippen molar-refractivity contribution in [1.82, 2.24) is 9.55 Å². The van der Waals surface area contributed by atoms with Gasteiger partial charge < -0.3 is 11.1 Å². The van der Waals surface area contributed by atoms with Gasteiger partial charge in [-0.05, 0) is 38.2 Å². The second kappa shape index (κ2) is 5.54. The van der Waals surface area contributed by atoms with Crippen LogP contribution in [0.5, 0.6) is 0 Å². The Morgan fingerprint density at radius 3 is 2.95 bits per heavy atom. The Hall–Kier alpha value is -1.40. The number of aromatic nitrogens is 2. The number of anilines is 1. The van der Waals surface area contributed by atoms with Gasteiger partial charge in [0, 0.05) is 24.5 Å². The second-order valence-electron chi connectivity index (χ2n) is 5.09. The molecular weight excluding hydrogens is 272 g/mol. The fraction of sp³-hybridized carbons (Fsp3) is 0.571. The molecule has 20 heavy (non-hydrogen) atoms. The average molecular weight is 292 g/mol. The molecule has 1 aliphatic carbocycles. The first-order valence-corrected chi connectivity index (χ1v) is 8.07. The molecule has 6 heteroatoms. The first-order valence-electron chi connectivity index (χ1n) is 7.25. The van der Waals surface area contributed by atoms with Crippen LogP contribution in [0.15, 0.2) is 4.79 Å². The molecule has 3 N–H and O–H groups in total. The molecule has 0 aliphatic heterocycles. The summed E-state index contributed by atoms with van der Waals surface area (Å²) in [5, 5.41) is 4.01. The fourth-order valence-electron chi connectivity index (χ4n) is 2.85. The quantitative estimate of drug-likeness (QED) is 0.900. The van der Waals surface area contributed by atoms with E-state index in [1.54, 1.807) is 15.9 Å². The highest BCUT2D eigenvalue weighted by atomic mass is 32.1. The second-order valence-corrected chi connectivity index (χ2v) is 6.17. The highest BCUT2D eigenvalue weighted by molar-refractivity contribution is 7.18. The monoisotopic (exact) mass is 292 g/mol. The van der Waals surface area contributed by atoms with E-state index in [9.17, 15) is 4.79 Å². The van der Waals surface area contributed by atoms with Gasteiger partial charge >= 0.3 is 0 Å². The molecule has 108 valence electrons. The lowest BCUT2D eigenvalue weighted by Gasteiger charge is -2.13. The Labute approximate surface area is 121 Å². The van der Waals surface area contributed by atoms with E-state index in [0.717, 1.165) is 23.1 Å². The standard InChI is InChI=1S/C14H20N4OS/c1-2-18-13(19)11-9-5-3-4-6-10(9)20-12(11)17-14(18)16-8-7-15/h2-8,15H2,1H3,(H,16,17). The summed E-state index contributed by atoms with van der Waals surface area (Å²) in [4.78, 5) is 19.6. The van der Waals surface area contributed by atoms with Crippen molar-refractivity contribution in [3.05, 3.63) is 20.8 Å². The van der Waals surface area contributed by atoms with Gasteiger partial charge in [-0.25, -0.2) is 4.98 Å². The van der Waals surface area contributed by atoms with Crippen LogP contribution in [-0.2, 0) is 19.4 Å². The first kappa shape index (κ1) is 13.6. The summed E-state index contributed by atoms with van der Waals surface area (Å²) >= 11 is 1.69. The van der Waals surface area contributed by atoms with E-state index in [1.165, 1.54) is 23.3 Å². The van der Waals surface area contributed by atoms with Crippen molar-refractivity contribution in [3.63, 3.8) is 0 Å². The molecule has 0 atom stereocenters. The molecule has 2 aromatic heterocycles. The summed E-state index contributed by atoms with van der Waals surface area (Å²) in [6.07, 6.45) is 4.51. The molecule has 0 fully saturated rings. The van der Waals surface area contributed by atoms with Crippen LogP contribution in [0.1, 0.15) is 30.2 Å². The zero-order chi connectivity index (χ0) is 14.1. The predicted octanol–water partition coefficient (Wildman–Crippen LogP) is 1.73. The third-order valence-electron chi connectivity index (χ3n) is 3.82. The van der Waals surface area contributed by atoms with Gasteiger partial charge in [0.05, 0.1) is 5.39 Å². The first-order chi connectivity index (χ1) is 9.76. The van der Waals surface area contributed by atoms with Crippen molar-refractivity contribution in [1.29, 1.82) is 0 Å².